The number of rotatable bonds is 2. The number of nitrogens with zero attached hydrogens (tertiary/aromatic N) is 1. The molecule has 0 aliphatic rings. The summed E-state index contributed by atoms with van der Waals surface area (Å²) in [6.07, 6.45) is -2.77. The Labute approximate surface area is 86.4 Å². The van der Waals surface area contributed by atoms with Gasteiger partial charge >= 0.3 is 0 Å². The maximum absolute atomic E-state index is 12.2. The molecule has 1 aromatic heterocycles. The molecule has 4 N–H and O–H groups in total. The number of carbonyl (C=O) groups is 1. The van der Waals surface area contributed by atoms with Gasteiger partial charge in [0.25, 0.3) is 12.3 Å². The fraction of sp³-hybridized carbons (Fsp3) is 0.143. The lowest BCUT2D eigenvalue weighted by Gasteiger charge is -2.06. The minimum absolute atomic E-state index is 0.0399. The van der Waals surface area contributed by atoms with Crippen molar-refractivity contribution in [1.29, 1.82) is 0 Å². The van der Waals surface area contributed by atoms with Crippen molar-refractivity contribution in [3.63, 3.8) is 0 Å². The third kappa shape index (κ3) is 1.98. The zero-order chi connectivity index (χ0) is 10.9. The molecule has 0 unspecified atom stereocenters. The largest absolute Gasteiger partial charge is 0.396 e. The second-order valence-electron chi connectivity index (χ2n) is 2.46. The van der Waals surface area contributed by atoms with E-state index in [0.29, 0.717) is 0 Å². The van der Waals surface area contributed by atoms with E-state index in [4.69, 9.17) is 11.5 Å². The van der Waals surface area contributed by atoms with Gasteiger partial charge in [0.1, 0.15) is 5.69 Å². The van der Waals surface area contributed by atoms with E-state index in [1.165, 1.54) is 0 Å². The van der Waals surface area contributed by atoms with E-state index >= 15 is 0 Å². The van der Waals surface area contributed by atoms with Crippen molar-refractivity contribution < 1.29 is 13.6 Å². The molecule has 4 nitrogen and oxygen atoms in total. The summed E-state index contributed by atoms with van der Waals surface area (Å²) in [6, 6.07) is 1.05. The number of pyridine rings is 1. The molecule has 1 rings (SSSR count). The molecule has 0 saturated carbocycles. The quantitative estimate of drug-likeness (QED) is 0.850. The first-order chi connectivity index (χ1) is 6.43. The molecule has 0 atom stereocenters. The Balaban J connectivity index is 3.35. The zero-order valence-electron chi connectivity index (χ0n) is 6.80. The highest BCUT2D eigenvalue weighted by Gasteiger charge is 2.17. The first kappa shape index (κ1) is 10.8. The second-order valence-corrected chi connectivity index (χ2v) is 3.31. The molecule has 0 aromatic carbocycles. The number of amides is 1. The van der Waals surface area contributed by atoms with Crippen LogP contribution in [0.15, 0.2) is 10.5 Å². The van der Waals surface area contributed by atoms with Gasteiger partial charge in [-0.3, -0.25) is 4.79 Å². The molecule has 76 valence electrons. The first-order valence-electron chi connectivity index (χ1n) is 3.47. The molecule has 7 heteroatoms. The van der Waals surface area contributed by atoms with Crippen molar-refractivity contribution in [2.45, 2.75) is 6.43 Å². The molecule has 0 aliphatic heterocycles. The van der Waals surface area contributed by atoms with Gasteiger partial charge in [-0.2, -0.15) is 0 Å². The van der Waals surface area contributed by atoms with E-state index in [9.17, 15) is 13.6 Å². The van der Waals surface area contributed by atoms with Crippen LogP contribution in [0.1, 0.15) is 22.6 Å². The molecule has 0 aliphatic carbocycles. The van der Waals surface area contributed by atoms with Gasteiger partial charge in [0.2, 0.25) is 0 Å². The molecule has 0 bridgehead atoms. The third-order valence-corrected chi connectivity index (χ3v) is 2.14. The number of carbonyl (C=O) groups excluding carboxylic acids is 1. The number of aromatic nitrogens is 1. The van der Waals surface area contributed by atoms with Gasteiger partial charge in [0.15, 0.2) is 5.69 Å². The van der Waals surface area contributed by atoms with Gasteiger partial charge < -0.3 is 11.5 Å². The maximum Gasteiger partial charge on any atom is 0.280 e. The van der Waals surface area contributed by atoms with Crippen LogP contribution >= 0.6 is 15.9 Å². The van der Waals surface area contributed by atoms with E-state index < -0.39 is 18.0 Å². The summed E-state index contributed by atoms with van der Waals surface area (Å²) in [6.45, 7) is 0. The van der Waals surface area contributed by atoms with E-state index in [1.807, 2.05) is 0 Å². The van der Waals surface area contributed by atoms with Crippen LogP contribution in [0, 0.1) is 0 Å². The Morgan fingerprint density at radius 3 is 2.57 bits per heavy atom. The van der Waals surface area contributed by atoms with Gasteiger partial charge in [-0.1, -0.05) is 0 Å². The highest BCUT2D eigenvalue weighted by atomic mass is 79.9. The normalized spacial score (nSPS) is 10.6. The molecule has 0 fully saturated rings. The minimum Gasteiger partial charge on any atom is -0.396 e. The Kier molecular flexibility index (Phi) is 3.00. The lowest BCUT2D eigenvalue weighted by Crippen LogP contribution is -2.17. The van der Waals surface area contributed by atoms with Crippen molar-refractivity contribution in [3.05, 3.63) is 21.9 Å². The number of hydrogen-bond acceptors (Lipinski definition) is 3. The van der Waals surface area contributed by atoms with Gasteiger partial charge in [-0.05, 0) is 22.0 Å². The van der Waals surface area contributed by atoms with E-state index in [2.05, 4.69) is 20.9 Å². The fourth-order valence-corrected chi connectivity index (χ4v) is 1.26. The number of nitrogens with two attached hydrogens (primary N) is 2. The minimum atomic E-state index is -2.77. The molecule has 0 radical (unpaired) electrons. The van der Waals surface area contributed by atoms with E-state index in [0.717, 1.165) is 6.07 Å². The Morgan fingerprint density at radius 2 is 2.14 bits per heavy atom. The van der Waals surface area contributed by atoms with Crippen LogP contribution < -0.4 is 11.5 Å². The number of anilines is 1. The molecule has 0 spiro atoms. The lowest BCUT2D eigenvalue weighted by atomic mass is 10.2. The summed E-state index contributed by atoms with van der Waals surface area (Å²) >= 11 is 2.93. The van der Waals surface area contributed by atoms with Crippen LogP contribution in [-0.4, -0.2) is 10.9 Å². The van der Waals surface area contributed by atoms with Gasteiger partial charge in [-0.25, -0.2) is 13.8 Å². The van der Waals surface area contributed by atoms with Gasteiger partial charge in [0.05, 0.1) is 5.69 Å². The molecule has 14 heavy (non-hydrogen) atoms. The Hall–Kier alpha value is -1.24. The van der Waals surface area contributed by atoms with Crippen molar-refractivity contribution >= 4 is 27.5 Å². The highest BCUT2D eigenvalue weighted by molar-refractivity contribution is 9.10. The van der Waals surface area contributed by atoms with Gasteiger partial charge in [0, 0.05) is 4.47 Å². The van der Waals surface area contributed by atoms with Crippen LogP contribution in [0.4, 0.5) is 14.5 Å². The number of halogens is 3. The van der Waals surface area contributed by atoms with Crippen molar-refractivity contribution in [3.8, 4) is 0 Å². The van der Waals surface area contributed by atoms with Crippen molar-refractivity contribution in [2.75, 3.05) is 5.73 Å². The van der Waals surface area contributed by atoms with Crippen LogP contribution in [0.3, 0.4) is 0 Å². The SMILES string of the molecule is NC(=O)c1nc(C(F)F)cc(Br)c1N. The Morgan fingerprint density at radius 1 is 1.57 bits per heavy atom. The molecule has 1 heterocycles. The summed E-state index contributed by atoms with van der Waals surface area (Å²) < 4.78 is 24.7. The number of hydrogen-bond donors (Lipinski definition) is 2. The predicted molar refractivity (Wildman–Crippen MR) is 49.8 cm³/mol. The number of alkyl halides is 2. The number of nitrogen functional groups attached to an aromatic ring is 1. The fourth-order valence-electron chi connectivity index (χ4n) is 0.842. The first-order valence-corrected chi connectivity index (χ1v) is 4.26. The molecular weight excluding hydrogens is 260 g/mol. The average molecular weight is 266 g/mol. The standard InChI is InChI=1S/C7H6BrF2N3O/c8-2-1-3(6(9)10)13-5(4(2)11)7(12)14/h1,6H,11H2,(H2,12,14). The zero-order valence-corrected chi connectivity index (χ0v) is 8.38. The van der Waals surface area contributed by atoms with E-state index in [1.54, 1.807) is 0 Å². The van der Waals surface area contributed by atoms with E-state index in [-0.39, 0.29) is 15.9 Å². The smallest absolute Gasteiger partial charge is 0.280 e. The molecule has 0 saturated heterocycles. The monoisotopic (exact) mass is 265 g/mol. The second kappa shape index (κ2) is 3.87. The summed E-state index contributed by atoms with van der Waals surface area (Å²) in [5, 5.41) is 0. The van der Waals surface area contributed by atoms with Crippen LogP contribution in [0.2, 0.25) is 0 Å². The molecule has 1 amide bonds. The summed E-state index contributed by atoms with van der Waals surface area (Å²) in [7, 11) is 0. The predicted octanol–water partition coefficient (Wildman–Crippen LogP) is 1.46. The molecular formula is C7H6BrF2N3O. The summed E-state index contributed by atoms with van der Waals surface area (Å²) in [5.74, 6) is -0.939. The summed E-state index contributed by atoms with van der Waals surface area (Å²) in [5.41, 5.74) is 9.37. The van der Waals surface area contributed by atoms with Gasteiger partial charge in [-0.15, -0.1) is 0 Å². The van der Waals surface area contributed by atoms with Crippen LogP contribution in [0.25, 0.3) is 0 Å². The van der Waals surface area contributed by atoms with Crippen molar-refractivity contribution in [1.82, 2.24) is 4.98 Å². The Bertz CT molecular complexity index is 383. The van der Waals surface area contributed by atoms with Crippen LogP contribution in [-0.2, 0) is 0 Å². The number of primary amides is 1. The topological polar surface area (TPSA) is 82.0 Å². The van der Waals surface area contributed by atoms with Crippen LogP contribution in [0.5, 0.6) is 0 Å². The molecule has 1 aromatic rings. The highest BCUT2D eigenvalue weighted by Crippen LogP contribution is 2.27. The van der Waals surface area contributed by atoms with Crippen molar-refractivity contribution in [2.24, 2.45) is 5.73 Å². The maximum atomic E-state index is 12.2. The average Bonchev–Trinajstić information content (AvgIpc) is 2.08. The summed E-state index contributed by atoms with van der Waals surface area (Å²) in [4.78, 5) is 14.1. The third-order valence-electron chi connectivity index (χ3n) is 1.48. The lowest BCUT2D eigenvalue weighted by molar-refractivity contribution is 0.0994.